The maximum absolute atomic E-state index is 14.1. The number of rotatable bonds is 26. The predicted octanol–water partition coefficient (Wildman–Crippen LogP) is 7.36. The molecule has 0 saturated carbocycles. The maximum atomic E-state index is 14.1. The number of hydrogen-bond acceptors (Lipinski definition) is 12. The van der Waals surface area contributed by atoms with Gasteiger partial charge < -0.3 is 30.3 Å². The molecule has 5 N–H and O–H groups in total. The number of phosphoric ester groups is 1. The first kappa shape index (κ1) is 44.2. The summed E-state index contributed by atoms with van der Waals surface area (Å²) in [5.41, 5.74) is 4.88. The van der Waals surface area contributed by atoms with Gasteiger partial charge in [0.25, 0.3) is 0 Å². The monoisotopic (exact) mass is 786 g/mol. The first-order chi connectivity index (χ1) is 26.5. The molecular formula is C39H56FN6O8P. The normalized spacial score (nSPS) is 21.3. The van der Waals surface area contributed by atoms with Crippen LogP contribution < -0.4 is 5.73 Å². The highest BCUT2D eigenvalue weighted by Crippen LogP contribution is 2.48. The fourth-order valence-electron chi connectivity index (χ4n) is 6.84. The Bertz CT molecular complexity index is 1770. The number of phosphoric acid groups is 1. The highest BCUT2D eigenvalue weighted by Gasteiger charge is 2.57. The van der Waals surface area contributed by atoms with Gasteiger partial charge in [-0.15, -0.1) is 0 Å². The molecule has 1 fully saturated rings. The van der Waals surface area contributed by atoms with Crippen molar-refractivity contribution in [2.45, 2.75) is 146 Å². The SMILES string of the molecule is CCCCCCCCCCCCCCCCCC(COP(=O)(O)OC[C@@]1(C#N)O[C@@H](c2ccc3c(N)ncnn23)[C@H](O)[C@@H]1O)OCc1cc(F)cc(C#N)c1. The standard InChI is InChI=1S/C39H56FN6O8P/c1-2-3-4-5-6-7-8-9-10-11-12-13-14-15-16-17-32(51-24-30-20-29(23-41)21-31(40)22-30)25-52-55(49,50)53-27-39(26-42)37(48)35(47)36(54-39)33-18-19-34-38(43)44-28-45-46(33)34/h18-22,28,32,35-37,47-48H,2-17,24-25,27H2,1H3,(H,49,50)(H2,43,44,45)/t32?,35-,36-,37-,39+/m0/s1. The predicted molar refractivity (Wildman–Crippen MR) is 203 cm³/mol. The number of ether oxygens (including phenoxy) is 2. The first-order valence-electron chi connectivity index (χ1n) is 19.5. The Morgan fingerprint density at radius 2 is 1.62 bits per heavy atom. The van der Waals surface area contributed by atoms with Gasteiger partial charge in [-0.05, 0) is 42.3 Å². The fourth-order valence-corrected chi connectivity index (χ4v) is 7.62. The molecule has 0 aliphatic carbocycles. The topological polar surface area (TPSA) is 218 Å². The smallest absolute Gasteiger partial charge is 0.387 e. The highest BCUT2D eigenvalue weighted by molar-refractivity contribution is 7.47. The van der Waals surface area contributed by atoms with Gasteiger partial charge >= 0.3 is 7.82 Å². The van der Waals surface area contributed by atoms with Gasteiger partial charge in [-0.25, -0.2) is 18.5 Å². The van der Waals surface area contributed by atoms with Crippen LogP contribution in [0.3, 0.4) is 0 Å². The number of nitrogen functional groups attached to an aromatic ring is 1. The van der Waals surface area contributed by atoms with Crippen molar-refractivity contribution in [2.75, 3.05) is 18.9 Å². The number of aliphatic hydroxyl groups excluding tert-OH is 2. The summed E-state index contributed by atoms with van der Waals surface area (Å²) in [6.45, 7) is 0.870. The summed E-state index contributed by atoms with van der Waals surface area (Å²) < 4.78 is 50.8. The molecule has 3 aromatic rings. The number of aliphatic hydroxyl groups is 2. The lowest BCUT2D eigenvalue weighted by Gasteiger charge is -2.26. The number of nitrogens with zero attached hydrogens (tertiary/aromatic N) is 5. The number of nitrogens with two attached hydrogens (primary N) is 1. The third-order valence-corrected chi connectivity index (χ3v) is 10.9. The van der Waals surface area contributed by atoms with Gasteiger partial charge in [0.1, 0.15) is 48.6 Å². The Balaban J connectivity index is 1.26. The van der Waals surface area contributed by atoms with Crippen LogP contribution in [0.1, 0.15) is 133 Å². The summed E-state index contributed by atoms with van der Waals surface area (Å²) >= 11 is 0. The van der Waals surface area contributed by atoms with Crippen molar-refractivity contribution in [3.05, 3.63) is 59.3 Å². The second-order valence-corrected chi connectivity index (χ2v) is 15.8. The molecule has 2 unspecified atom stereocenters. The largest absolute Gasteiger partial charge is 0.472 e. The Kier molecular flexibility index (Phi) is 17.9. The number of aromatic nitrogens is 3. The molecule has 0 bridgehead atoms. The van der Waals surface area contributed by atoms with Crippen LogP contribution in [0.2, 0.25) is 0 Å². The summed E-state index contributed by atoms with van der Waals surface area (Å²) in [4.78, 5) is 14.5. The Morgan fingerprint density at radius 1 is 0.982 bits per heavy atom. The average Bonchev–Trinajstić information content (AvgIpc) is 3.71. The molecule has 1 aromatic carbocycles. The molecule has 4 rings (SSSR count). The zero-order valence-corrected chi connectivity index (χ0v) is 32.6. The molecule has 55 heavy (non-hydrogen) atoms. The van der Waals surface area contributed by atoms with Crippen molar-refractivity contribution < 1.29 is 42.6 Å². The second-order valence-electron chi connectivity index (χ2n) is 14.3. The van der Waals surface area contributed by atoms with Gasteiger partial charge in [0.05, 0.1) is 36.6 Å². The molecule has 2 aromatic heterocycles. The Morgan fingerprint density at radius 3 is 2.24 bits per heavy atom. The van der Waals surface area contributed by atoms with Crippen LogP contribution in [0.4, 0.5) is 10.2 Å². The minimum atomic E-state index is -4.87. The molecule has 1 aliphatic heterocycles. The summed E-state index contributed by atoms with van der Waals surface area (Å²) in [6.07, 6.45) is 14.3. The summed E-state index contributed by atoms with van der Waals surface area (Å²) in [6, 6.07) is 10.7. The van der Waals surface area contributed by atoms with Crippen LogP contribution in [-0.4, -0.2) is 66.8 Å². The average molecular weight is 787 g/mol. The second kappa shape index (κ2) is 22.3. The van der Waals surface area contributed by atoms with Crippen molar-refractivity contribution >= 4 is 19.2 Å². The van der Waals surface area contributed by atoms with E-state index in [1.807, 2.05) is 6.07 Å². The molecule has 1 aliphatic rings. The van der Waals surface area contributed by atoms with E-state index in [4.69, 9.17) is 24.3 Å². The van der Waals surface area contributed by atoms with Gasteiger partial charge in [-0.2, -0.15) is 15.6 Å². The molecule has 1 saturated heterocycles. The fraction of sp³-hybridized carbons (Fsp3) is 0.641. The van der Waals surface area contributed by atoms with E-state index in [2.05, 4.69) is 17.0 Å². The van der Waals surface area contributed by atoms with Crippen LogP contribution in [0.5, 0.6) is 0 Å². The van der Waals surface area contributed by atoms with E-state index in [0.29, 0.717) is 17.5 Å². The van der Waals surface area contributed by atoms with E-state index in [1.165, 1.54) is 93.6 Å². The summed E-state index contributed by atoms with van der Waals surface area (Å²) in [5.74, 6) is -0.425. The van der Waals surface area contributed by atoms with E-state index in [1.54, 1.807) is 18.2 Å². The van der Waals surface area contributed by atoms with Crippen molar-refractivity contribution in [2.24, 2.45) is 0 Å². The zero-order valence-electron chi connectivity index (χ0n) is 31.7. The van der Waals surface area contributed by atoms with E-state index < -0.39 is 50.3 Å². The molecule has 14 nitrogen and oxygen atoms in total. The van der Waals surface area contributed by atoms with Crippen LogP contribution in [0.15, 0.2) is 36.7 Å². The van der Waals surface area contributed by atoms with Crippen molar-refractivity contribution in [3.8, 4) is 12.1 Å². The van der Waals surface area contributed by atoms with Crippen molar-refractivity contribution in [3.63, 3.8) is 0 Å². The maximum Gasteiger partial charge on any atom is 0.472 e. The molecule has 3 heterocycles. The zero-order chi connectivity index (χ0) is 39.7. The van der Waals surface area contributed by atoms with Gasteiger partial charge in [-0.1, -0.05) is 103 Å². The Hall–Kier alpha value is -3.50. The number of fused-ring (bicyclic) bond motifs is 1. The summed E-state index contributed by atoms with van der Waals surface area (Å²) in [7, 11) is -4.87. The molecule has 0 amide bonds. The van der Waals surface area contributed by atoms with Crippen LogP contribution in [0, 0.1) is 28.5 Å². The molecule has 6 atom stereocenters. The number of unbranched alkanes of at least 4 members (excludes halogenated alkanes) is 14. The lowest BCUT2D eigenvalue weighted by molar-refractivity contribution is -0.0763. The van der Waals surface area contributed by atoms with Crippen molar-refractivity contribution in [1.29, 1.82) is 10.5 Å². The summed E-state index contributed by atoms with van der Waals surface area (Å²) in [5, 5.41) is 45.1. The Labute approximate surface area is 323 Å². The van der Waals surface area contributed by atoms with Crippen molar-refractivity contribution in [1.82, 2.24) is 14.6 Å². The van der Waals surface area contributed by atoms with Gasteiger partial charge in [0, 0.05) is 0 Å². The van der Waals surface area contributed by atoms with E-state index in [0.717, 1.165) is 31.7 Å². The number of benzene rings is 1. The third-order valence-electron chi connectivity index (χ3n) is 10.0. The molecule has 16 heteroatoms. The van der Waals surface area contributed by atoms with E-state index in [-0.39, 0.29) is 30.3 Å². The quantitative estimate of drug-likeness (QED) is 0.0462. The van der Waals surface area contributed by atoms with Crippen LogP contribution >= 0.6 is 7.82 Å². The van der Waals surface area contributed by atoms with Gasteiger partial charge in [-0.3, -0.25) is 9.05 Å². The number of halogens is 1. The molecule has 0 spiro atoms. The highest BCUT2D eigenvalue weighted by atomic mass is 31.2. The minimum absolute atomic E-state index is 0.0718. The molecular weight excluding hydrogens is 730 g/mol. The number of hydrogen-bond donors (Lipinski definition) is 4. The lowest BCUT2D eigenvalue weighted by Crippen LogP contribution is -2.45. The van der Waals surface area contributed by atoms with Crippen LogP contribution in [-0.2, 0) is 29.7 Å². The molecule has 0 radical (unpaired) electrons. The van der Waals surface area contributed by atoms with E-state index >= 15 is 0 Å². The van der Waals surface area contributed by atoms with Gasteiger partial charge in [0.15, 0.2) is 5.82 Å². The molecule has 302 valence electrons. The number of nitriles is 2. The first-order valence-corrected chi connectivity index (χ1v) is 21.0. The van der Waals surface area contributed by atoms with Gasteiger partial charge in [0.2, 0.25) is 5.60 Å². The van der Waals surface area contributed by atoms with Crippen LogP contribution in [0.25, 0.3) is 5.52 Å². The minimum Gasteiger partial charge on any atom is -0.387 e. The van der Waals surface area contributed by atoms with E-state index in [9.17, 15) is 34.6 Å². The number of anilines is 1. The third kappa shape index (κ3) is 13.3. The lowest BCUT2D eigenvalue weighted by atomic mass is 9.96.